The van der Waals surface area contributed by atoms with Crippen LogP contribution in [0.3, 0.4) is 0 Å². The van der Waals surface area contributed by atoms with E-state index in [1.807, 2.05) is 6.07 Å². The van der Waals surface area contributed by atoms with Gasteiger partial charge in [-0.25, -0.2) is 9.97 Å². The Kier molecular flexibility index (Phi) is 8.95. The average molecular weight is 869 g/mol. The van der Waals surface area contributed by atoms with Crippen LogP contribution in [0.1, 0.15) is 49.9 Å². The largest absolute Gasteiger partial charge is 0.228 e. The van der Waals surface area contributed by atoms with Gasteiger partial charge in [-0.05, 0) is 142 Å². The van der Waals surface area contributed by atoms with E-state index < -0.39 is 0 Å². The quantitative estimate of drug-likeness (QED) is 0.166. The zero-order valence-corrected chi connectivity index (χ0v) is 38.7. The molecule has 0 fully saturated rings. The number of fused-ring (bicyclic) bond motifs is 8. The third kappa shape index (κ3) is 6.32. The minimum atomic E-state index is -0.154. The van der Waals surface area contributed by atoms with E-state index in [1.165, 1.54) is 99.4 Å². The van der Waals surface area contributed by atoms with E-state index in [1.54, 1.807) is 0 Å². The average Bonchev–Trinajstić information content (AvgIpc) is 3.76. The molecule has 13 rings (SSSR count). The molecule has 11 aromatic rings. The van der Waals surface area contributed by atoms with Gasteiger partial charge in [0, 0.05) is 27.5 Å². The summed E-state index contributed by atoms with van der Waals surface area (Å²) in [6, 6.07) is 80.1. The lowest BCUT2D eigenvalue weighted by Crippen LogP contribution is -2.15. The van der Waals surface area contributed by atoms with Crippen molar-refractivity contribution in [3.63, 3.8) is 0 Å². The van der Waals surface area contributed by atoms with Crippen LogP contribution in [0, 0.1) is 0 Å². The Morgan fingerprint density at radius 2 is 0.750 bits per heavy atom. The van der Waals surface area contributed by atoms with Crippen LogP contribution in [0.2, 0.25) is 0 Å². The second kappa shape index (κ2) is 15.2. The van der Waals surface area contributed by atoms with Crippen LogP contribution in [0.4, 0.5) is 0 Å². The molecule has 0 aliphatic heterocycles. The molecule has 0 atom stereocenters. The molecule has 0 N–H and O–H groups in total. The van der Waals surface area contributed by atoms with E-state index in [9.17, 15) is 0 Å². The first-order valence-electron chi connectivity index (χ1n) is 23.8. The van der Waals surface area contributed by atoms with E-state index in [-0.39, 0.29) is 10.8 Å². The smallest absolute Gasteiger partial charge is 0.160 e. The minimum absolute atomic E-state index is 0.133. The molecule has 68 heavy (non-hydrogen) atoms. The normalized spacial score (nSPS) is 13.8. The SMILES string of the molecule is CC1(C)c2cc(-c3ccccc3)ccc2-c2ccc(-c3ccccc3-c3ccc4cc(-c5cc(-c6cccc7c6-c6cc8ccccc8cc6C7(C)C)nc(-c6ccccc6)n5)ccc4c3)cc21. The lowest BCUT2D eigenvalue weighted by atomic mass is 9.80. The monoisotopic (exact) mass is 868 g/mol. The van der Waals surface area contributed by atoms with Crippen molar-refractivity contribution in [1.82, 2.24) is 9.97 Å². The van der Waals surface area contributed by atoms with Crippen LogP contribution in [-0.2, 0) is 10.8 Å². The molecule has 0 amide bonds. The Labute approximate surface area is 398 Å². The molecule has 10 aromatic carbocycles. The maximum absolute atomic E-state index is 5.34. The van der Waals surface area contributed by atoms with E-state index in [0.717, 1.165) is 33.9 Å². The fourth-order valence-corrected chi connectivity index (χ4v) is 11.4. The van der Waals surface area contributed by atoms with Gasteiger partial charge in [0.15, 0.2) is 5.82 Å². The Hall–Kier alpha value is -8.20. The second-order valence-electron chi connectivity index (χ2n) is 19.8. The van der Waals surface area contributed by atoms with Crippen molar-refractivity contribution in [3.05, 3.63) is 241 Å². The summed E-state index contributed by atoms with van der Waals surface area (Å²) in [5.74, 6) is 0.717. The van der Waals surface area contributed by atoms with Crippen molar-refractivity contribution < 1.29 is 0 Å². The maximum Gasteiger partial charge on any atom is 0.160 e. The van der Waals surface area contributed by atoms with Crippen LogP contribution in [-0.4, -0.2) is 9.97 Å². The summed E-state index contributed by atoms with van der Waals surface area (Å²) in [5, 5.41) is 4.87. The zero-order valence-electron chi connectivity index (χ0n) is 38.7. The highest BCUT2D eigenvalue weighted by Crippen LogP contribution is 2.54. The van der Waals surface area contributed by atoms with Crippen molar-refractivity contribution in [2.24, 2.45) is 0 Å². The lowest BCUT2D eigenvalue weighted by molar-refractivity contribution is 0.661. The molecule has 0 unspecified atom stereocenters. The number of aromatic nitrogens is 2. The van der Waals surface area contributed by atoms with Crippen molar-refractivity contribution in [2.75, 3.05) is 0 Å². The summed E-state index contributed by atoms with van der Waals surface area (Å²) in [4.78, 5) is 10.6. The van der Waals surface area contributed by atoms with Crippen molar-refractivity contribution in [2.45, 2.75) is 38.5 Å². The number of benzene rings is 10. The molecule has 0 radical (unpaired) electrons. The summed E-state index contributed by atoms with van der Waals surface area (Å²) in [5.41, 5.74) is 22.8. The van der Waals surface area contributed by atoms with Gasteiger partial charge < -0.3 is 0 Å². The highest BCUT2D eigenvalue weighted by Gasteiger charge is 2.38. The third-order valence-corrected chi connectivity index (χ3v) is 15.1. The molecular formula is C66H48N2. The van der Waals surface area contributed by atoms with Crippen LogP contribution in [0.15, 0.2) is 218 Å². The maximum atomic E-state index is 5.34. The topological polar surface area (TPSA) is 25.8 Å². The number of rotatable bonds is 6. The Balaban J connectivity index is 0.877. The second-order valence-corrected chi connectivity index (χ2v) is 19.8. The van der Waals surface area contributed by atoms with E-state index in [0.29, 0.717) is 0 Å². The molecule has 2 aliphatic carbocycles. The molecule has 0 saturated heterocycles. The van der Waals surface area contributed by atoms with Crippen LogP contribution < -0.4 is 0 Å². The predicted octanol–water partition coefficient (Wildman–Crippen LogP) is 17.4. The molecule has 0 spiro atoms. The van der Waals surface area contributed by atoms with Gasteiger partial charge >= 0.3 is 0 Å². The number of hydrogen-bond acceptors (Lipinski definition) is 2. The molecule has 0 saturated carbocycles. The van der Waals surface area contributed by atoms with Gasteiger partial charge in [0.2, 0.25) is 0 Å². The first-order valence-corrected chi connectivity index (χ1v) is 23.8. The molecule has 0 bridgehead atoms. The van der Waals surface area contributed by atoms with Gasteiger partial charge in [0.25, 0.3) is 0 Å². The Morgan fingerprint density at radius 1 is 0.265 bits per heavy atom. The number of nitrogens with zero attached hydrogens (tertiary/aromatic N) is 2. The van der Waals surface area contributed by atoms with Gasteiger partial charge in [0.1, 0.15) is 0 Å². The van der Waals surface area contributed by atoms with Gasteiger partial charge in [-0.15, -0.1) is 0 Å². The zero-order chi connectivity index (χ0) is 45.7. The summed E-state index contributed by atoms with van der Waals surface area (Å²) >= 11 is 0. The molecule has 2 nitrogen and oxygen atoms in total. The van der Waals surface area contributed by atoms with Gasteiger partial charge in [0.05, 0.1) is 11.4 Å². The minimum Gasteiger partial charge on any atom is -0.228 e. The fourth-order valence-electron chi connectivity index (χ4n) is 11.4. The Bertz CT molecular complexity index is 3840. The number of hydrogen-bond donors (Lipinski definition) is 0. The first kappa shape index (κ1) is 40.1. The molecular weight excluding hydrogens is 821 g/mol. The summed E-state index contributed by atoms with van der Waals surface area (Å²) < 4.78 is 0. The van der Waals surface area contributed by atoms with Crippen LogP contribution in [0.5, 0.6) is 0 Å². The van der Waals surface area contributed by atoms with Crippen molar-refractivity contribution >= 4 is 21.5 Å². The highest BCUT2D eigenvalue weighted by molar-refractivity contribution is 5.99. The molecule has 1 heterocycles. The van der Waals surface area contributed by atoms with E-state index >= 15 is 0 Å². The molecule has 322 valence electrons. The van der Waals surface area contributed by atoms with Crippen LogP contribution >= 0.6 is 0 Å². The van der Waals surface area contributed by atoms with Crippen LogP contribution in [0.25, 0.3) is 111 Å². The molecule has 1 aromatic heterocycles. The summed E-state index contributed by atoms with van der Waals surface area (Å²) in [6.45, 7) is 9.45. The van der Waals surface area contributed by atoms with Crippen molar-refractivity contribution in [1.29, 1.82) is 0 Å². The summed E-state index contributed by atoms with van der Waals surface area (Å²) in [6.07, 6.45) is 0. The highest BCUT2D eigenvalue weighted by atomic mass is 14.9. The Morgan fingerprint density at radius 3 is 1.46 bits per heavy atom. The van der Waals surface area contributed by atoms with E-state index in [2.05, 4.69) is 240 Å². The predicted molar refractivity (Wildman–Crippen MR) is 285 cm³/mol. The first-order chi connectivity index (χ1) is 33.2. The van der Waals surface area contributed by atoms with Gasteiger partial charge in [-0.3, -0.25) is 0 Å². The van der Waals surface area contributed by atoms with Crippen molar-refractivity contribution in [3.8, 4) is 89.5 Å². The summed E-state index contributed by atoms with van der Waals surface area (Å²) in [7, 11) is 0. The third-order valence-electron chi connectivity index (χ3n) is 15.1. The molecule has 2 heteroatoms. The lowest BCUT2D eigenvalue weighted by Gasteiger charge is -2.23. The molecule has 2 aliphatic rings. The van der Waals surface area contributed by atoms with E-state index in [4.69, 9.17) is 9.97 Å². The standard InChI is InChI=1S/C66H48N2/c1-65(2)57-25-15-24-55(63(57)56-36-43-20-11-12-21-44(43)37-60(56)65)62-40-61(67-64(68-62)42-18-9-6-10-19-42)50-29-27-45-34-48(28-26-46(45)35-50)51-22-13-14-23-52(51)49-31-33-54-53-32-30-47(41-16-7-5-8-17-41)38-58(53)66(3,4)59(54)39-49/h5-40H,1-4H3. The van der Waals surface area contributed by atoms with Gasteiger partial charge in [-0.2, -0.15) is 0 Å². The van der Waals surface area contributed by atoms with Gasteiger partial charge in [-0.1, -0.05) is 204 Å². The fraction of sp³-hybridized carbons (Fsp3) is 0.0909.